The average molecular weight is 437 g/mol. The van der Waals surface area contributed by atoms with Crippen molar-refractivity contribution in [2.75, 3.05) is 12.4 Å². The third kappa shape index (κ3) is 5.60. The van der Waals surface area contributed by atoms with Crippen LogP contribution in [0.1, 0.15) is 41.3 Å². The van der Waals surface area contributed by atoms with Crippen LogP contribution in [0.5, 0.6) is 5.75 Å². The van der Waals surface area contributed by atoms with Gasteiger partial charge in [0.1, 0.15) is 17.9 Å². The number of Topliss-reactive ketones (excluding diaryl/α,β-unsaturated/α-hetero) is 1. The summed E-state index contributed by atoms with van der Waals surface area (Å²) in [6.07, 6.45) is -0.140. The number of amides is 1. The summed E-state index contributed by atoms with van der Waals surface area (Å²) in [6, 6.07) is 11.4. The summed E-state index contributed by atoms with van der Waals surface area (Å²) >= 11 is 0. The molecule has 1 aromatic heterocycles. The predicted molar refractivity (Wildman–Crippen MR) is 118 cm³/mol. The van der Waals surface area contributed by atoms with Crippen molar-refractivity contribution in [1.82, 2.24) is 0 Å². The van der Waals surface area contributed by atoms with Crippen LogP contribution in [0.15, 0.2) is 51.7 Å². The van der Waals surface area contributed by atoms with Gasteiger partial charge in [-0.1, -0.05) is 11.6 Å². The number of ether oxygens (including phenoxy) is 2. The van der Waals surface area contributed by atoms with E-state index in [2.05, 4.69) is 5.32 Å². The molecule has 0 bridgehead atoms. The highest BCUT2D eigenvalue weighted by molar-refractivity contribution is 6.00. The summed E-state index contributed by atoms with van der Waals surface area (Å²) in [4.78, 5) is 47.8. The Hall–Kier alpha value is -3.94. The van der Waals surface area contributed by atoms with Gasteiger partial charge in [0.2, 0.25) is 5.91 Å². The largest absolute Gasteiger partial charge is 0.496 e. The third-order valence-electron chi connectivity index (χ3n) is 4.75. The van der Waals surface area contributed by atoms with Crippen LogP contribution in [0.25, 0.3) is 11.0 Å². The van der Waals surface area contributed by atoms with Crippen molar-refractivity contribution < 1.29 is 28.3 Å². The molecular formula is C24H23NO7. The molecule has 3 aromatic rings. The Kier molecular flexibility index (Phi) is 7.04. The number of ketones is 1. The van der Waals surface area contributed by atoms with Crippen LogP contribution in [0.4, 0.5) is 5.69 Å². The maximum atomic E-state index is 12.5. The van der Waals surface area contributed by atoms with E-state index in [1.165, 1.54) is 26.2 Å². The molecule has 8 heteroatoms. The maximum absolute atomic E-state index is 12.5. The zero-order chi connectivity index (χ0) is 23.3. The van der Waals surface area contributed by atoms with Gasteiger partial charge in [-0.05, 0) is 31.2 Å². The molecule has 0 atom stereocenters. The van der Waals surface area contributed by atoms with Gasteiger partial charge in [-0.25, -0.2) is 4.79 Å². The topological polar surface area (TPSA) is 112 Å². The molecule has 3 rings (SSSR count). The van der Waals surface area contributed by atoms with Crippen molar-refractivity contribution in [3.8, 4) is 5.75 Å². The van der Waals surface area contributed by atoms with E-state index in [1.54, 1.807) is 24.3 Å². The van der Waals surface area contributed by atoms with E-state index in [4.69, 9.17) is 13.9 Å². The molecule has 0 aliphatic rings. The first kappa shape index (κ1) is 22.7. The Morgan fingerprint density at radius 3 is 2.53 bits per heavy atom. The van der Waals surface area contributed by atoms with E-state index >= 15 is 0 Å². The zero-order valence-electron chi connectivity index (χ0n) is 18.0. The van der Waals surface area contributed by atoms with Gasteiger partial charge in [-0.2, -0.15) is 0 Å². The zero-order valence-corrected chi connectivity index (χ0v) is 18.0. The molecule has 32 heavy (non-hydrogen) atoms. The quantitative estimate of drug-likeness (QED) is 0.324. The number of carbonyl (C=O) groups excluding carboxylic acids is 3. The minimum Gasteiger partial charge on any atom is -0.496 e. The summed E-state index contributed by atoms with van der Waals surface area (Å²) in [5, 5.41) is 3.19. The molecule has 0 unspecified atom stereocenters. The molecule has 1 N–H and O–H groups in total. The second kappa shape index (κ2) is 9.91. The number of hydrogen-bond donors (Lipinski definition) is 1. The molecule has 0 spiro atoms. The number of benzene rings is 2. The van der Waals surface area contributed by atoms with E-state index in [1.807, 2.05) is 13.0 Å². The SMILES string of the molecule is COc1ccc(C)cc1C(=O)CCC(=O)OCc1cc(=O)oc2cc(NC(C)=O)ccc12. The number of rotatable bonds is 8. The molecule has 0 saturated heterocycles. The Bertz CT molecular complexity index is 1240. The Balaban J connectivity index is 1.66. The van der Waals surface area contributed by atoms with Gasteiger partial charge >= 0.3 is 11.6 Å². The molecule has 0 radical (unpaired) electrons. The van der Waals surface area contributed by atoms with E-state index in [0.717, 1.165) is 5.56 Å². The molecule has 8 nitrogen and oxygen atoms in total. The van der Waals surface area contributed by atoms with Crippen LogP contribution >= 0.6 is 0 Å². The fraction of sp³-hybridized carbons (Fsp3) is 0.250. The molecule has 0 aliphatic heterocycles. The summed E-state index contributed by atoms with van der Waals surface area (Å²) in [7, 11) is 1.48. The van der Waals surface area contributed by atoms with Crippen LogP contribution in [0, 0.1) is 6.92 Å². The Labute approximate surface area is 184 Å². The number of anilines is 1. The third-order valence-corrected chi connectivity index (χ3v) is 4.75. The Morgan fingerprint density at radius 2 is 1.81 bits per heavy atom. The highest BCUT2D eigenvalue weighted by atomic mass is 16.5. The van der Waals surface area contributed by atoms with Crippen molar-refractivity contribution in [2.24, 2.45) is 0 Å². The summed E-state index contributed by atoms with van der Waals surface area (Å²) in [6.45, 7) is 3.09. The number of methoxy groups -OCH3 is 1. The lowest BCUT2D eigenvalue weighted by molar-refractivity contribution is -0.144. The van der Waals surface area contributed by atoms with Crippen molar-refractivity contribution in [3.05, 3.63) is 69.6 Å². The van der Waals surface area contributed by atoms with Crippen molar-refractivity contribution in [3.63, 3.8) is 0 Å². The van der Waals surface area contributed by atoms with Crippen LogP contribution in [-0.2, 0) is 20.9 Å². The first-order valence-corrected chi connectivity index (χ1v) is 9.94. The maximum Gasteiger partial charge on any atom is 0.336 e. The highest BCUT2D eigenvalue weighted by Gasteiger charge is 2.16. The fourth-order valence-electron chi connectivity index (χ4n) is 3.25. The molecular weight excluding hydrogens is 414 g/mol. The minimum atomic E-state index is -0.606. The van der Waals surface area contributed by atoms with Crippen LogP contribution in [0.2, 0.25) is 0 Å². The van der Waals surface area contributed by atoms with Gasteiger partial charge in [-0.15, -0.1) is 0 Å². The monoisotopic (exact) mass is 437 g/mol. The van der Waals surface area contributed by atoms with E-state index in [0.29, 0.717) is 28.0 Å². The normalized spacial score (nSPS) is 10.6. The summed E-state index contributed by atoms with van der Waals surface area (Å²) < 4.78 is 15.7. The first-order valence-electron chi connectivity index (χ1n) is 9.94. The summed E-state index contributed by atoms with van der Waals surface area (Å²) in [5.74, 6) is -0.593. The number of aryl methyl sites for hydroxylation is 1. The number of hydrogen-bond acceptors (Lipinski definition) is 7. The van der Waals surface area contributed by atoms with E-state index in [9.17, 15) is 19.2 Å². The molecule has 0 aliphatic carbocycles. The average Bonchev–Trinajstić information content (AvgIpc) is 2.74. The molecule has 1 heterocycles. The number of nitrogens with one attached hydrogen (secondary N) is 1. The molecule has 1 amide bonds. The predicted octanol–water partition coefficient (Wildman–Crippen LogP) is 3.77. The molecule has 0 saturated carbocycles. The first-order chi connectivity index (χ1) is 15.3. The summed E-state index contributed by atoms with van der Waals surface area (Å²) in [5.41, 5.74) is 1.93. The van der Waals surface area contributed by atoms with Gasteiger partial charge in [0.05, 0.1) is 19.1 Å². The second-order valence-electron chi connectivity index (χ2n) is 7.27. The molecule has 0 fully saturated rings. The smallest absolute Gasteiger partial charge is 0.336 e. The standard InChI is InChI=1S/C24H23NO7/c1-14-4-8-21(30-3)19(10-14)20(27)7-9-23(28)31-13-16-11-24(29)32-22-12-17(25-15(2)26)5-6-18(16)22/h4-6,8,10-12H,7,9,13H2,1-3H3,(H,25,26). The highest BCUT2D eigenvalue weighted by Crippen LogP contribution is 2.23. The lowest BCUT2D eigenvalue weighted by atomic mass is 10.0. The number of fused-ring (bicyclic) bond motifs is 1. The Morgan fingerprint density at radius 1 is 1.03 bits per heavy atom. The van der Waals surface area contributed by atoms with Gasteiger partial charge in [0.25, 0.3) is 0 Å². The number of carbonyl (C=O) groups is 3. The molecule has 166 valence electrons. The van der Waals surface area contributed by atoms with E-state index < -0.39 is 11.6 Å². The van der Waals surface area contributed by atoms with Crippen LogP contribution in [-0.4, -0.2) is 24.8 Å². The van der Waals surface area contributed by atoms with Gasteiger partial charge in [-0.3, -0.25) is 14.4 Å². The van der Waals surface area contributed by atoms with Crippen molar-refractivity contribution >= 4 is 34.3 Å². The van der Waals surface area contributed by atoms with Gasteiger partial charge < -0.3 is 19.2 Å². The minimum absolute atomic E-state index is 0.0314. The number of esters is 1. The van der Waals surface area contributed by atoms with Crippen LogP contribution in [0.3, 0.4) is 0 Å². The van der Waals surface area contributed by atoms with Crippen molar-refractivity contribution in [1.29, 1.82) is 0 Å². The second-order valence-corrected chi connectivity index (χ2v) is 7.27. The fourth-order valence-corrected chi connectivity index (χ4v) is 3.25. The van der Waals surface area contributed by atoms with Gasteiger partial charge in [0, 0.05) is 42.1 Å². The molecule has 2 aromatic carbocycles. The van der Waals surface area contributed by atoms with E-state index in [-0.39, 0.29) is 36.7 Å². The lowest BCUT2D eigenvalue weighted by Gasteiger charge is -2.10. The lowest BCUT2D eigenvalue weighted by Crippen LogP contribution is -2.11. The van der Waals surface area contributed by atoms with Crippen molar-refractivity contribution in [2.45, 2.75) is 33.3 Å². The van der Waals surface area contributed by atoms with Gasteiger partial charge in [0.15, 0.2) is 5.78 Å². The van der Waals surface area contributed by atoms with Crippen LogP contribution < -0.4 is 15.7 Å².